The van der Waals surface area contributed by atoms with Gasteiger partial charge in [0.15, 0.2) is 0 Å². The van der Waals surface area contributed by atoms with Crippen LogP contribution in [-0.4, -0.2) is 6.04 Å². The van der Waals surface area contributed by atoms with Crippen molar-refractivity contribution in [3.05, 3.63) is 35.9 Å². The highest BCUT2D eigenvalue weighted by Gasteiger charge is 2.60. The molecule has 0 heterocycles. The van der Waals surface area contributed by atoms with Gasteiger partial charge in [0.1, 0.15) is 0 Å². The smallest absolute Gasteiger partial charge is 0.0278 e. The van der Waals surface area contributed by atoms with E-state index in [2.05, 4.69) is 35.8 Å². The lowest BCUT2D eigenvalue weighted by Crippen LogP contribution is -2.40. The molecular formula is C16H22N2. The Morgan fingerprint density at radius 1 is 1.11 bits per heavy atom. The van der Waals surface area contributed by atoms with Gasteiger partial charge in [-0.3, -0.25) is 11.3 Å². The summed E-state index contributed by atoms with van der Waals surface area (Å²) < 4.78 is 0. The Bertz CT molecular complexity index is 420. The van der Waals surface area contributed by atoms with Crippen LogP contribution in [0.15, 0.2) is 30.3 Å². The molecule has 1 aromatic rings. The van der Waals surface area contributed by atoms with Gasteiger partial charge in [-0.15, -0.1) is 0 Å². The van der Waals surface area contributed by atoms with E-state index < -0.39 is 0 Å². The highest BCUT2D eigenvalue weighted by atomic mass is 15.2. The SMILES string of the molecule is NNC(C1CC1c1ccccc1)C1C2CCCC21. The second kappa shape index (κ2) is 4.07. The lowest BCUT2D eigenvalue weighted by Gasteiger charge is -2.18. The van der Waals surface area contributed by atoms with Crippen LogP contribution < -0.4 is 11.3 Å². The number of hydrogen-bond donors (Lipinski definition) is 2. The van der Waals surface area contributed by atoms with Gasteiger partial charge in [0.05, 0.1) is 0 Å². The third kappa shape index (κ3) is 1.63. The van der Waals surface area contributed by atoms with Crippen molar-refractivity contribution in [2.24, 2.45) is 29.5 Å². The Kier molecular flexibility index (Phi) is 2.49. The van der Waals surface area contributed by atoms with Gasteiger partial charge in [0.25, 0.3) is 0 Å². The van der Waals surface area contributed by atoms with Gasteiger partial charge in [0.2, 0.25) is 0 Å². The zero-order chi connectivity index (χ0) is 12.1. The van der Waals surface area contributed by atoms with Gasteiger partial charge in [-0.1, -0.05) is 36.8 Å². The Hall–Kier alpha value is -0.860. The molecule has 2 nitrogen and oxygen atoms in total. The minimum Gasteiger partial charge on any atom is -0.271 e. The van der Waals surface area contributed by atoms with Crippen molar-refractivity contribution in [2.75, 3.05) is 0 Å². The molecule has 0 aromatic heterocycles. The third-order valence-electron chi connectivity index (χ3n) is 5.61. The fourth-order valence-corrected chi connectivity index (χ4v) is 4.62. The van der Waals surface area contributed by atoms with Crippen molar-refractivity contribution >= 4 is 0 Å². The van der Waals surface area contributed by atoms with Crippen molar-refractivity contribution < 1.29 is 0 Å². The van der Waals surface area contributed by atoms with Crippen molar-refractivity contribution in [1.82, 2.24) is 5.43 Å². The molecule has 3 N–H and O–H groups in total. The molecule has 3 aliphatic rings. The first-order chi connectivity index (χ1) is 8.90. The van der Waals surface area contributed by atoms with Gasteiger partial charge in [-0.05, 0) is 54.4 Å². The molecule has 18 heavy (non-hydrogen) atoms. The number of fused-ring (bicyclic) bond motifs is 1. The van der Waals surface area contributed by atoms with Crippen LogP contribution in [0.5, 0.6) is 0 Å². The standard InChI is InChI=1S/C16H22N2/c17-18-16(15-11-7-4-8-12(11)15)14-9-13(14)10-5-2-1-3-6-10/h1-3,5-6,11-16,18H,4,7-9,17H2. The van der Waals surface area contributed by atoms with Gasteiger partial charge in [0, 0.05) is 6.04 Å². The van der Waals surface area contributed by atoms with Gasteiger partial charge >= 0.3 is 0 Å². The van der Waals surface area contributed by atoms with E-state index in [0.717, 1.165) is 29.6 Å². The highest BCUT2D eigenvalue weighted by Crippen LogP contribution is 2.63. The highest BCUT2D eigenvalue weighted by molar-refractivity contribution is 5.28. The summed E-state index contributed by atoms with van der Waals surface area (Å²) in [6.45, 7) is 0. The number of hydrogen-bond acceptors (Lipinski definition) is 2. The monoisotopic (exact) mass is 242 g/mol. The largest absolute Gasteiger partial charge is 0.271 e. The number of benzene rings is 1. The summed E-state index contributed by atoms with van der Waals surface area (Å²) in [5.41, 5.74) is 4.66. The maximum Gasteiger partial charge on any atom is 0.0278 e. The van der Waals surface area contributed by atoms with Crippen molar-refractivity contribution in [1.29, 1.82) is 0 Å². The maximum atomic E-state index is 5.85. The number of nitrogens with two attached hydrogens (primary N) is 1. The maximum absolute atomic E-state index is 5.85. The Morgan fingerprint density at radius 3 is 2.50 bits per heavy atom. The molecule has 96 valence electrons. The lowest BCUT2D eigenvalue weighted by atomic mass is 9.97. The van der Waals surface area contributed by atoms with Crippen molar-refractivity contribution in [3.63, 3.8) is 0 Å². The fourth-order valence-electron chi connectivity index (χ4n) is 4.62. The summed E-state index contributed by atoms with van der Waals surface area (Å²) in [4.78, 5) is 0. The normalized spacial score (nSPS) is 42.4. The van der Waals surface area contributed by atoms with E-state index in [4.69, 9.17) is 5.84 Å². The quantitative estimate of drug-likeness (QED) is 0.629. The first-order valence-corrected chi connectivity index (χ1v) is 7.41. The van der Waals surface area contributed by atoms with E-state index in [1.165, 1.54) is 31.2 Å². The van der Waals surface area contributed by atoms with E-state index in [-0.39, 0.29) is 0 Å². The van der Waals surface area contributed by atoms with E-state index in [9.17, 15) is 0 Å². The molecule has 3 aliphatic carbocycles. The average Bonchev–Trinajstić information content (AvgIpc) is 3.30. The van der Waals surface area contributed by atoms with Crippen LogP contribution in [0.25, 0.3) is 0 Å². The van der Waals surface area contributed by atoms with E-state index >= 15 is 0 Å². The second-order valence-corrected chi connectivity index (χ2v) is 6.45. The first kappa shape index (κ1) is 11.0. The number of nitrogens with one attached hydrogen (secondary N) is 1. The molecule has 5 unspecified atom stereocenters. The zero-order valence-corrected chi connectivity index (χ0v) is 10.8. The molecule has 0 radical (unpaired) electrons. The summed E-state index contributed by atoms with van der Waals surface area (Å²) >= 11 is 0. The summed E-state index contributed by atoms with van der Waals surface area (Å²) in [6.07, 6.45) is 5.69. The Labute approximate surface area is 109 Å². The van der Waals surface area contributed by atoms with Crippen LogP contribution in [0.3, 0.4) is 0 Å². The summed E-state index contributed by atoms with van der Waals surface area (Å²) in [5, 5.41) is 0. The van der Waals surface area contributed by atoms with Crippen molar-refractivity contribution in [2.45, 2.75) is 37.6 Å². The molecule has 0 aliphatic heterocycles. The minimum absolute atomic E-state index is 0.575. The van der Waals surface area contributed by atoms with Crippen LogP contribution in [0, 0.1) is 23.7 Å². The summed E-state index contributed by atoms with van der Waals surface area (Å²) in [5.74, 6) is 10.3. The van der Waals surface area contributed by atoms with E-state index in [1.54, 1.807) is 0 Å². The fraction of sp³-hybridized carbons (Fsp3) is 0.625. The van der Waals surface area contributed by atoms with E-state index in [1.807, 2.05) is 0 Å². The molecule has 0 spiro atoms. The predicted octanol–water partition coefficient (Wildman–Crippen LogP) is 2.67. The number of hydrazine groups is 1. The van der Waals surface area contributed by atoms with Crippen molar-refractivity contribution in [3.8, 4) is 0 Å². The molecule has 4 rings (SSSR count). The van der Waals surface area contributed by atoms with E-state index in [0.29, 0.717) is 6.04 Å². The van der Waals surface area contributed by atoms with Crippen LogP contribution >= 0.6 is 0 Å². The summed E-state index contributed by atoms with van der Waals surface area (Å²) in [6, 6.07) is 11.5. The molecule has 0 saturated heterocycles. The lowest BCUT2D eigenvalue weighted by molar-refractivity contribution is 0.370. The average molecular weight is 242 g/mol. The molecule has 0 amide bonds. The minimum atomic E-state index is 0.575. The third-order valence-corrected chi connectivity index (χ3v) is 5.61. The van der Waals surface area contributed by atoms with Crippen LogP contribution in [0.2, 0.25) is 0 Å². The Balaban J connectivity index is 1.45. The molecular weight excluding hydrogens is 220 g/mol. The molecule has 3 saturated carbocycles. The van der Waals surface area contributed by atoms with Crippen LogP contribution in [-0.2, 0) is 0 Å². The van der Waals surface area contributed by atoms with Crippen LogP contribution in [0.1, 0.15) is 37.2 Å². The summed E-state index contributed by atoms with van der Waals surface area (Å²) in [7, 11) is 0. The Morgan fingerprint density at radius 2 is 1.83 bits per heavy atom. The number of rotatable bonds is 4. The van der Waals surface area contributed by atoms with Crippen LogP contribution in [0.4, 0.5) is 0 Å². The molecule has 2 heteroatoms. The second-order valence-electron chi connectivity index (χ2n) is 6.45. The predicted molar refractivity (Wildman–Crippen MR) is 72.7 cm³/mol. The topological polar surface area (TPSA) is 38.0 Å². The first-order valence-electron chi connectivity index (χ1n) is 7.41. The van der Waals surface area contributed by atoms with Gasteiger partial charge in [-0.25, -0.2) is 0 Å². The van der Waals surface area contributed by atoms with Gasteiger partial charge < -0.3 is 0 Å². The molecule has 3 fully saturated rings. The molecule has 5 atom stereocenters. The molecule has 0 bridgehead atoms. The molecule has 1 aromatic carbocycles. The zero-order valence-electron chi connectivity index (χ0n) is 10.8. The van der Waals surface area contributed by atoms with Gasteiger partial charge in [-0.2, -0.15) is 0 Å².